The molecule has 0 aliphatic carbocycles. The molecule has 1 saturated heterocycles. The third kappa shape index (κ3) is 4.04. The van der Waals surface area contributed by atoms with Crippen LogP contribution in [0.5, 0.6) is 0 Å². The van der Waals surface area contributed by atoms with Gasteiger partial charge in [0.25, 0.3) is 0 Å². The quantitative estimate of drug-likeness (QED) is 0.665. The maximum absolute atomic E-state index is 12.2. The van der Waals surface area contributed by atoms with E-state index in [0.717, 1.165) is 5.56 Å². The maximum Gasteiger partial charge on any atom is 0.312 e. The smallest absolute Gasteiger partial charge is 0.312 e. The molecule has 0 bridgehead atoms. The van der Waals surface area contributed by atoms with E-state index in [-0.39, 0.29) is 24.2 Å². The van der Waals surface area contributed by atoms with Crippen LogP contribution in [0.25, 0.3) is 0 Å². The average Bonchev–Trinajstić information content (AvgIpc) is 3.02. The number of hydrogen-bond acceptors (Lipinski definition) is 4. The van der Waals surface area contributed by atoms with Crippen LogP contribution >= 0.6 is 0 Å². The van der Waals surface area contributed by atoms with E-state index in [4.69, 9.17) is 15.2 Å². The van der Waals surface area contributed by atoms with Gasteiger partial charge in [-0.15, -0.1) is 0 Å². The van der Waals surface area contributed by atoms with Crippen molar-refractivity contribution in [3.8, 4) is 0 Å². The number of epoxide rings is 1. The molecular formula is C15H21NO3. The molecule has 1 aliphatic heterocycles. The zero-order valence-corrected chi connectivity index (χ0v) is 11.6. The van der Waals surface area contributed by atoms with E-state index in [1.165, 1.54) is 0 Å². The Labute approximate surface area is 113 Å². The molecule has 2 N–H and O–H groups in total. The molecule has 19 heavy (non-hydrogen) atoms. The lowest BCUT2D eigenvalue weighted by atomic mass is 9.95. The van der Waals surface area contributed by atoms with Gasteiger partial charge in [0.15, 0.2) is 0 Å². The third-order valence-electron chi connectivity index (χ3n) is 2.97. The molecule has 104 valence electrons. The molecule has 1 heterocycles. The Balaban J connectivity index is 2.06. The second kappa shape index (κ2) is 5.31. The molecule has 4 heteroatoms. The van der Waals surface area contributed by atoms with Gasteiger partial charge in [-0.1, -0.05) is 30.3 Å². The second-order valence-corrected chi connectivity index (χ2v) is 5.89. The second-order valence-electron chi connectivity index (χ2n) is 5.89. The zero-order chi connectivity index (χ0) is 14.0. The summed E-state index contributed by atoms with van der Waals surface area (Å²) in [4.78, 5) is 12.2. The molecule has 1 aromatic carbocycles. The number of nitrogens with two attached hydrogens (primary N) is 1. The molecule has 1 aliphatic rings. The van der Waals surface area contributed by atoms with Crippen molar-refractivity contribution in [2.45, 2.75) is 45.1 Å². The summed E-state index contributed by atoms with van der Waals surface area (Å²) in [6.45, 7) is 5.58. The van der Waals surface area contributed by atoms with Gasteiger partial charge < -0.3 is 15.2 Å². The molecular weight excluding hydrogens is 242 g/mol. The first-order chi connectivity index (χ1) is 8.87. The van der Waals surface area contributed by atoms with Crippen molar-refractivity contribution >= 4 is 5.97 Å². The highest BCUT2D eigenvalue weighted by atomic mass is 16.6. The Morgan fingerprint density at radius 3 is 2.42 bits per heavy atom. The summed E-state index contributed by atoms with van der Waals surface area (Å²) < 4.78 is 10.7. The number of rotatable bonds is 4. The topological polar surface area (TPSA) is 64.8 Å². The molecule has 0 saturated carbocycles. The van der Waals surface area contributed by atoms with E-state index >= 15 is 0 Å². The summed E-state index contributed by atoms with van der Waals surface area (Å²) in [6.07, 6.45) is 0.0185. The van der Waals surface area contributed by atoms with Gasteiger partial charge in [-0.25, -0.2) is 0 Å². The van der Waals surface area contributed by atoms with Gasteiger partial charge in [-0.05, 0) is 32.8 Å². The van der Waals surface area contributed by atoms with Gasteiger partial charge in [-0.2, -0.15) is 0 Å². The molecule has 2 rings (SSSR count). The summed E-state index contributed by atoms with van der Waals surface area (Å²) in [6, 6.07) is 9.84. The average molecular weight is 263 g/mol. The normalized spacial score (nSPS) is 23.8. The highest BCUT2D eigenvalue weighted by molar-refractivity contribution is 5.74. The van der Waals surface area contributed by atoms with E-state index in [2.05, 4.69) is 0 Å². The summed E-state index contributed by atoms with van der Waals surface area (Å²) >= 11 is 0. The maximum atomic E-state index is 12.2. The van der Waals surface area contributed by atoms with Crippen LogP contribution in [-0.2, 0) is 20.7 Å². The molecule has 0 radical (unpaired) electrons. The van der Waals surface area contributed by atoms with E-state index in [1.807, 2.05) is 51.1 Å². The van der Waals surface area contributed by atoms with E-state index in [9.17, 15) is 4.79 Å². The van der Waals surface area contributed by atoms with Crippen LogP contribution in [0.1, 0.15) is 26.3 Å². The van der Waals surface area contributed by atoms with Crippen molar-refractivity contribution in [1.29, 1.82) is 0 Å². The van der Waals surface area contributed by atoms with Gasteiger partial charge in [-0.3, -0.25) is 4.79 Å². The largest absolute Gasteiger partial charge is 0.460 e. The lowest BCUT2D eigenvalue weighted by molar-refractivity contribution is -0.160. The summed E-state index contributed by atoms with van der Waals surface area (Å²) in [5, 5.41) is 0. The Bertz CT molecular complexity index is 438. The Morgan fingerprint density at radius 2 is 1.95 bits per heavy atom. The molecule has 3 atom stereocenters. The molecule has 1 aromatic rings. The van der Waals surface area contributed by atoms with Crippen molar-refractivity contribution in [1.82, 2.24) is 0 Å². The number of carbonyl (C=O) groups is 1. The first-order valence-electron chi connectivity index (χ1n) is 6.54. The number of ether oxygens (including phenoxy) is 2. The fraction of sp³-hybridized carbons (Fsp3) is 0.533. The first-order valence-corrected chi connectivity index (χ1v) is 6.54. The number of carbonyl (C=O) groups excluding carboxylic acids is 1. The van der Waals surface area contributed by atoms with Gasteiger partial charge in [0, 0.05) is 0 Å². The first kappa shape index (κ1) is 14.0. The standard InChI is InChI=1S/C15H21NO3/c1-15(2,3)19-14(17)11(12-13(16)18-12)9-10-7-5-4-6-8-10/h4-8,11-13H,9,16H2,1-3H3/t11-,12+,13?/m0/s1. The minimum Gasteiger partial charge on any atom is -0.460 e. The highest BCUT2D eigenvalue weighted by Gasteiger charge is 2.47. The van der Waals surface area contributed by atoms with Crippen LogP contribution < -0.4 is 5.73 Å². The minimum atomic E-state index is -0.495. The van der Waals surface area contributed by atoms with Crippen LogP contribution in [0.4, 0.5) is 0 Å². The SMILES string of the molecule is CC(C)(C)OC(=O)[C@@H](Cc1ccccc1)[C@H]1OC1N. The highest BCUT2D eigenvalue weighted by Crippen LogP contribution is 2.30. The van der Waals surface area contributed by atoms with Gasteiger partial charge >= 0.3 is 5.97 Å². The number of esters is 1. The van der Waals surface area contributed by atoms with E-state index in [1.54, 1.807) is 0 Å². The molecule has 0 spiro atoms. The monoisotopic (exact) mass is 263 g/mol. The molecule has 0 aromatic heterocycles. The summed E-state index contributed by atoms with van der Waals surface area (Å²) in [5.74, 6) is -0.578. The van der Waals surface area contributed by atoms with Crippen LogP contribution in [-0.4, -0.2) is 23.9 Å². The van der Waals surface area contributed by atoms with Crippen molar-refractivity contribution < 1.29 is 14.3 Å². The molecule has 1 fully saturated rings. The predicted octanol–water partition coefficient (Wildman–Crippen LogP) is 1.87. The van der Waals surface area contributed by atoms with Crippen LogP contribution in [0.2, 0.25) is 0 Å². The summed E-state index contributed by atoms with van der Waals surface area (Å²) in [7, 11) is 0. The van der Waals surface area contributed by atoms with Gasteiger partial charge in [0.1, 0.15) is 17.9 Å². The van der Waals surface area contributed by atoms with Crippen molar-refractivity contribution in [3.05, 3.63) is 35.9 Å². The Hall–Kier alpha value is -1.39. The van der Waals surface area contributed by atoms with E-state index in [0.29, 0.717) is 6.42 Å². The van der Waals surface area contributed by atoms with Crippen LogP contribution in [0, 0.1) is 5.92 Å². The fourth-order valence-corrected chi connectivity index (χ4v) is 2.04. The summed E-state index contributed by atoms with van der Waals surface area (Å²) in [5.41, 5.74) is 6.28. The van der Waals surface area contributed by atoms with Crippen molar-refractivity contribution in [2.24, 2.45) is 11.7 Å². The Kier molecular flexibility index (Phi) is 3.92. The lowest BCUT2D eigenvalue weighted by Crippen LogP contribution is -2.33. The van der Waals surface area contributed by atoms with Gasteiger partial charge in [0.2, 0.25) is 0 Å². The zero-order valence-electron chi connectivity index (χ0n) is 11.6. The Morgan fingerprint density at radius 1 is 1.37 bits per heavy atom. The van der Waals surface area contributed by atoms with Crippen LogP contribution in [0.15, 0.2) is 30.3 Å². The predicted molar refractivity (Wildman–Crippen MR) is 72.3 cm³/mol. The number of hydrogen-bond donors (Lipinski definition) is 1. The molecule has 0 amide bonds. The van der Waals surface area contributed by atoms with Gasteiger partial charge in [0.05, 0.1) is 5.92 Å². The fourth-order valence-electron chi connectivity index (χ4n) is 2.04. The van der Waals surface area contributed by atoms with Crippen LogP contribution in [0.3, 0.4) is 0 Å². The minimum absolute atomic E-state index is 0.227. The van der Waals surface area contributed by atoms with Crippen molar-refractivity contribution in [3.63, 3.8) is 0 Å². The van der Waals surface area contributed by atoms with E-state index < -0.39 is 5.60 Å². The molecule has 4 nitrogen and oxygen atoms in total. The third-order valence-corrected chi connectivity index (χ3v) is 2.97. The molecule has 1 unspecified atom stereocenters. The van der Waals surface area contributed by atoms with Crippen molar-refractivity contribution in [2.75, 3.05) is 0 Å². The lowest BCUT2D eigenvalue weighted by Gasteiger charge is -2.23. The number of benzene rings is 1.